The lowest BCUT2D eigenvalue weighted by Crippen LogP contribution is -2.16. The Kier molecular flexibility index (Phi) is 4.33. The zero-order chi connectivity index (χ0) is 11.4. The fraction of sp³-hybridized carbons (Fsp3) is 0.500. The molecule has 0 N–H and O–H groups in total. The number of hydrogen-bond acceptors (Lipinski definition) is 3. The Hall–Kier alpha value is -1.33. The van der Waals surface area contributed by atoms with Crippen LogP contribution in [0.3, 0.4) is 0 Å². The third-order valence-corrected chi connectivity index (χ3v) is 1.30. The topological polar surface area (TPSA) is 43.4 Å². The third-order valence-electron chi connectivity index (χ3n) is 1.30. The summed E-state index contributed by atoms with van der Waals surface area (Å²) in [6, 6.07) is 0. The highest BCUT2D eigenvalue weighted by atomic mass is 19.4. The number of halogens is 3. The van der Waals surface area contributed by atoms with E-state index in [1.54, 1.807) is 0 Å². The van der Waals surface area contributed by atoms with Crippen molar-refractivity contribution in [3.8, 4) is 0 Å². The van der Waals surface area contributed by atoms with Crippen molar-refractivity contribution in [2.75, 3.05) is 7.11 Å². The van der Waals surface area contributed by atoms with Gasteiger partial charge in [-0.05, 0) is 6.92 Å². The fourth-order valence-corrected chi connectivity index (χ4v) is 0.702. The highest BCUT2D eigenvalue weighted by Gasteiger charge is 2.34. The summed E-state index contributed by atoms with van der Waals surface area (Å²) < 4.78 is 40.5. The monoisotopic (exact) mass is 210 g/mol. The van der Waals surface area contributed by atoms with Gasteiger partial charge in [-0.2, -0.15) is 13.2 Å². The number of ketones is 1. The van der Waals surface area contributed by atoms with Gasteiger partial charge in [0.05, 0.1) is 7.11 Å². The Labute approximate surface area is 78.5 Å². The molecule has 0 atom stereocenters. The fourth-order valence-electron chi connectivity index (χ4n) is 0.702. The van der Waals surface area contributed by atoms with E-state index in [0.717, 1.165) is 14.0 Å². The van der Waals surface area contributed by atoms with Crippen LogP contribution in [0, 0.1) is 0 Å². The van der Waals surface area contributed by atoms with Crippen molar-refractivity contribution in [3.05, 3.63) is 11.6 Å². The second kappa shape index (κ2) is 4.78. The van der Waals surface area contributed by atoms with Gasteiger partial charge in [-0.25, -0.2) is 4.79 Å². The number of carbonyl (C=O) groups excluding carboxylic acids is 2. The number of hydrogen-bond donors (Lipinski definition) is 0. The van der Waals surface area contributed by atoms with Crippen LogP contribution in [0.15, 0.2) is 11.6 Å². The summed E-state index contributed by atoms with van der Waals surface area (Å²) >= 11 is 0. The first kappa shape index (κ1) is 12.7. The quantitative estimate of drug-likeness (QED) is 0.525. The molecular weight excluding hydrogens is 201 g/mol. The molecule has 0 saturated carbocycles. The van der Waals surface area contributed by atoms with Crippen LogP contribution >= 0.6 is 0 Å². The lowest BCUT2D eigenvalue weighted by atomic mass is 10.1. The van der Waals surface area contributed by atoms with E-state index in [-0.39, 0.29) is 6.08 Å². The van der Waals surface area contributed by atoms with Crippen molar-refractivity contribution in [1.82, 2.24) is 0 Å². The molecule has 0 unspecified atom stereocenters. The summed E-state index contributed by atoms with van der Waals surface area (Å²) in [4.78, 5) is 21.0. The minimum atomic E-state index is -4.68. The molecule has 0 spiro atoms. The van der Waals surface area contributed by atoms with E-state index < -0.39 is 29.9 Å². The number of ether oxygens (including phenoxy) is 1. The molecule has 0 aromatic carbocycles. The molecule has 0 rings (SSSR count). The Bertz CT molecular complexity index is 265. The van der Waals surface area contributed by atoms with Gasteiger partial charge >= 0.3 is 12.1 Å². The van der Waals surface area contributed by atoms with E-state index in [1.165, 1.54) is 0 Å². The molecule has 0 fully saturated rings. The first-order valence-electron chi connectivity index (χ1n) is 3.62. The summed E-state index contributed by atoms with van der Waals surface area (Å²) in [5.74, 6) is -1.80. The smallest absolute Gasteiger partial charge is 0.413 e. The molecule has 0 aliphatic heterocycles. The maximum Gasteiger partial charge on any atom is 0.413 e. The van der Waals surface area contributed by atoms with Gasteiger partial charge in [0.1, 0.15) is 5.78 Å². The number of rotatable bonds is 3. The van der Waals surface area contributed by atoms with Crippen molar-refractivity contribution >= 4 is 11.8 Å². The standard InChI is InChI=1S/C8H9F3O3/c1-5(12)3-6(8(9,10)11)4-7(13)14-2/h4H,3H2,1-2H3/b6-4-. The van der Waals surface area contributed by atoms with Gasteiger partial charge in [-0.3, -0.25) is 4.79 Å². The highest BCUT2D eigenvalue weighted by molar-refractivity contribution is 5.85. The molecule has 0 radical (unpaired) electrons. The minimum Gasteiger partial charge on any atom is -0.466 e. The second-order valence-electron chi connectivity index (χ2n) is 2.57. The Morgan fingerprint density at radius 1 is 1.36 bits per heavy atom. The number of methoxy groups -OCH3 is 1. The Morgan fingerprint density at radius 3 is 2.14 bits per heavy atom. The lowest BCUT2D eigenvalue weighted by molar-refractivity contribution is -0.136. The summed E-state index contributed by atoms with van der Waals surface area (Å²) in [6.45, 7) is 1.01. The normalized spacial score (nSPS) is 12.5. The predicted molar refractivity (Wildman–Crippen MR) is 41.5 cm³/mol. The molecule has 0 aliphatic rings. The molecular formula is C8H9F3O3. The molecule has 3 nitrogen and oxygen atoms in total. The molecule has 0 saturated heterocycles. The number of esters is 1. The molecule has 0 aromatic heterocycles. The molecule has 0 bridgehead atoms. The van der Waals surface area contributed by atoms with E-state index in [4.69, 9.17) is 0 Å². The molecule has 0 heterocycles. The number of alkyl halides is 3. The van der Waals surface area contributed by atoms with Gasteiger partial charge in [-0.15, -0.1) is 0 Å². The molecule has 0 aliphatic carbocycles. The van der Waals surface area contributed by atoms with Crippen molar-refractivity contribution in [3.63, 3.8) is 0 Å². The number of carbonyl (C=O) groups is 2. The lowest BCUT2D eigenvalue weighted by Gasteiger charge is -2.09. The minimum absolute atomic E-state index is 0.279. The molecule has 80 valence electrons. The molecule has 6 heteroatoms. The van der Waals surface area contributed by atoms with Gasteiger partial charge in [-0.1, -0.05) is 0 Å². The van der Waals surface area contributed by atoms with Crippen LogP contribution in [0.25, 0.3) is 0 Å². The largest absolute Gasteiger partial charge is 0.466 e. The van der Waals surface area contributed by atoms with E-state index in [0.29, 0.717) is 0 Å². The van der Waals surface area contributed by atoms with E-state index >= 15 is 0 Å². The zero-order valence-electron chi connectivity index (χ0n) is 7.64. The van der Waals surface area contributed by atoms with Crippen LogP contribution < -0.4 is 0 Å². The van der Waals surface area contributed by atoms with Crippen molar-refractivity contribution in [2.45, 2.75) is 19.5 Å². The van der Waals surface area contributed by atoms with E-state index in [1.807, 2.05) is 0 Å². The predicted octanol–water partition coefficient (Wildman–Crippen LogP) is 1.63. The van der Waals surface area contributed by atoms with Crippen molar-refractivity contribution in [2.24, 2.45) is 0 Å². The first-order chi connectivity index (χ1) is 6.27. The van der Waals surface area contributed by atoms with Gasteiger partial charge in [0.15, 0.2) is 0 Å². The maximum absolute atomic E-state index is 12.1. The molecule has 14 heavy (non-hydrogen) atoms. The maximum atomic E-state index is 12.1. The van der Waals surface area contributed by atoms with Gasteiger partial charge in [0.2, 0.25) is 0 Å². The van der Waals surface area contributed by atoms with Crippen LogP contribution in [0.5, 0.6) is 0 Å². The summed E-state index contributed by atoms with van der Waals surface area (Å²) in [6.07, 6.45) is -5.22. The average Bonchev–Trinajstić information content (AvgIpc) is 2.00. The third kappa shape index (κ3) is 4.64. The Balaban J connectivity index is 4.82. The summed E-state index contributed by atoms with van der Waals surface area (Å²) in [5, 5.41) is 0. The Morgan fingerprint density at radius 2 is 1.86 bits per heavy atom. The summed E-state index contributed by atoms with van der Waals surface area (Å²) in [7, 11) is 0.959. The molecule has 0 aromatic rings. The van der Waals surface area contributed by atoms with Crippen LogP contribution in [-0.4, -0.2) is 25.0 Å². The number of Topliss-reactive ketones (excluding diaryl/α,β-unsaturated/α-hetero) is 1. The van der Waals surface area contributed by atoms with Crippen molar-refractivity contribution < 1.29 is 27.5 Å². The summed E-state index contributed by atoms with van der Waals surface area (Å²) in [5.41, 5.74) is -1.20. The number of allylic oxidation sites excluding steroid dienone is 1. The molecule has 0 amide bonds. The highest BCUT2D eigenvalue weighted by Crippen LogP contribution is 2.28. The van der Waals surface area contributed by atoms with Gasteiger partial charge < -0.3 is 4.74 Å². The van der Waals surface area contributed by atoms with Gasteiger partial charge in [0, 0.05) is 18.1 Å². The van der Waals surface area contributed by atoms with E-state index in [2.05, 4.69) is 4.74 Å². The van der Waals surface area contributed by atoms with Crippen LogP contribution in [-0.2, 0) is 14.3 Å². The first-order valence-corrected chi connectivity index (χ1v) is 3.62. The van der Waals surface area contributed by atoms with E-state index in [9.17, 15) is 22.8 Å². The zero-order valence-corrected chi connectivity index (χ0v) is 7.64. The van der Waals surface area contributed by atoms with Crippen LogP contribution in [0.1, 0.15) is 13.3 Å². The van der Waals surface area contributed by atoms with Gasteiger partial charge in [0.25, 0.3) is 0 Å². The van der Waals surface area contributed by atoms with Crippen LogP contribution in [0.4, 0.5) is 13.2 Å². The van der Waals surface area contributed by atoms with Crippen LogP contribution in [0.2, 0.25) is 0 Å². The SMILES string of the molecule is COC(=O)/C=C(/CC(C)=O)C(F)(F)F. The second-order valence-corrected chi connectivity index (χ2v) is 2.57. The average molecular weight is 210 g/mol. The van der Waals surface area contributed by atoms with Crippen molar-refractivity contribution in [1.29, 1.82) is 0 Å².